The van der Waals surface area contributed by atoms with Crippen LogP contribution in [0.2, 0.25) is 18.1 Å². The van der Waals surface area contributed by atoms with Crippen molar-refractivity contribution in [3.8, 4) is 11.5 Å². The molecule has 1 aromatic rings. The van der Waals surface area contributed by atoms with Gasteiger partial charge in [0.25, 0.3) is 0 Å². The van der Waals surface area contributed by atoms with Gasteiger partial charge in [-0.05, 0) is 65.7 Å². The zero-order valence-electron chi connectivity index (χ0n) is 13.0. The van der Waals surface area contributed by atoms with E-state index < -0.39 is 8.32 Å². The molecule has 0 saturated carbocycles. The molecular weight excluding hydrogens is 383 g/mol. The molecule has 1 N–H and O–H groups in total. The van der Waals surface area contributed by atoms with Gasteiger partial charge in [-0.2, -0.15) is 0 Å². The third-order valence-corrected chi connectivity index (χ3v) is 8.45. The van der Waals surface area contributed by atoms with Crippen molar-refractivity contribution in [1.82, 2.24) is 0 Å². The molecule has 0 amide bonds. The molecule has 0 saturated heterocycles. The molecule has 0 aliphatic carbocycles. The van der Waals surface area contributed by atoms with Crippen molar-refractivity contribution in [3.63, 3.8) is 0 Å². The van der Waals surface area contributed by atoms with Crippen LogP contribution in [0, 0.1) is 3.57 Å². The summed E-state index contributed by atoms with van der Waals surface area (Å²) in [5, 5.41) is 0.0118. The fraction of sp³-hybridized carbons (Fsp3) is 0.600. The molecule has 20 heavy (non-hydrogen) atoms. The number of hydrogen-bond acceptors (Lipinski definition) is 3. The van der Waals surface area contributed by atoms with Crippen LogP contribution in [0.1, 0.15) is 26.7 Å². The summed E-state index contributed by atoms with van der Waals surface area (Å²) in [6.45, 7) is 8.96. The van der Waals surface area contributed by atoms with Gasteiger partial charge in [-0.1, -0.05) is 13.8 Å². The van der Waals surface area contributed by atoms with Gasteiger partial charge in [0.1, 0.15) is 11.5 Å². The van der Waals surface area contributed by atoms with Crippen LogP contribution in [-0.2, 0) is 0 Å². The average Bonchev–Trinajstić information content (AvgIpc) is 2.35. The molecule has 0 aliphatic heterocycles. The molecule has 0 unspecified atom stereocenters. The molecule has 0 bridgehead atoms. The molecule has 0 spiro atoms. The van der Waals surface area contributed by atoms with E-state index in [9.17, 15) is 4.80 Å². The number of hydrogen-bond donors (Lipinski definition) is 1. The van der Waals surface area contributed by atoms with Gasteiger partial charge >= 0.3 is 0 Å². The van der Waals surface area contributed by atoms with E-state index >= 15 is 0 Å². The van der Waals surface area contributed by atoms with Crippen molar-refractivity contribution >= 4 is 30.9 Å². The molecule has 0 fully saturated rings. The van der Waals surface area contributed by atoms with E-state index in [4.69, 9.17) is 9.47 Å². The van der Waals surface area contributed by atoms with E-state index in [1.54, 1.807) is 7.11 Å². The van der Waals surface area contributed by atoms with E-state index in [2.05, 4.69) is 36.4 Å². The van der Waals surface area contributed by atoms with Crippen LogP contribution >= 0.6 is 22.6 Å². The number of benzene rings is 1. The van der Waals surface area contributed by atoms with Crippen LogP contribution in [0.4, 0.5) is 0 Å². The Balaban J connectivity index is 2.49. The van der Waals surface area contributed by atoms with E-state index in [0.29, 0.717) is 6.61 Å². The van der Waals surface area contributed by atoms with E-state index in [0.717, 1.165) is 27.9 Å². The Bertz CT molecular complexity index is 441. The summed E-state index contributed by atoms with van der Waals surface area (Å²) in [4.78, 5) is 10.3. The summed E-state index contributed by atoms with van der Waals surface area (Å²) in [5.74, 6) is 1.67. The molecule has 5 heteroatoms. The summed E-state index contributed by atoms with van der Waals surface area (Å²) in [5.41, 5.74) is 0. The summed E-state index contributed by atoms with van der Waals surface area (Å²) in [6, 6.07) is 5.83. The minimum atomic E-state index is -2.12. The number of halogens is 1. The molecule has 1 rings (SSSR count). The molecule has 0 heterocycles. The molecule has 1 aromatic carbocycles. The lowest BCUT2D eigenvalue weighted by molar-refractivity contribution is 0.291. The van der Waals surface area contributed by atoms with Crippen molar-refractivity contribution in [1.29, 1.82) is 0 Å². The van der Waals surface area contributed by atoms with Gasteiger partial charge < -0.3 is 14.3 Å². The van der Waals surface area contributed by atoms with Gasteiger partial charge in [-0.3, -0.25) is 0 Å². The fourth-order valence-corrected chi connectivity index (χ4v) is 3.00. The first-order valence-corrected chi connectivity index (χ1v) is 10.9. The highest BCUT2D eigenvalue weighted by Crippen LogP contribution is 2.39. The lowest BCUT2D eigenvalue weighted by Gasteiger charge is -2.35. The zero-order chi connectivity index (χ0) is 15.4. The average molecular weight is 408 g/mol. The predicted octanol–water partition coefficient (Wildman–Crippen LogP) is 4.44. The maximum Gasteiger partial charge on any atom is 0.188 e. The molecule has 0 radical (unpaired) electrons. The molecule has 3 nitrogen and oxygen atoms in total. The van der Waals surface area contributed by atoms with Crippen LogP contribution in [0.5, 0.6) is 11.5 Å². The minimum absolute atomic E-state index is 0.0118. The molecule has 0 aliphatic rings. The maximum atomic E-state index is 10.3. The Kier molecular flexibility index (Phi) is 6.34. The second-order valence-corrected chi connectivity index (χ2v) is 11.8. The standard InChI is InChI=1S/C15H25IO3Si/c1-15(2,20(4,5)17)9-6-10-19-14-11-12(18-3)7-8-13(14)16/h7-8,11,17H,6,9-10H2,1-5H3. The Morgan fingerprint density at radius 3 is 2.50 bits per heavy atom. The third kappa shape index (κ3) is 4.93. The number of ether oxygens (including phenoxy) is 2. The van der Waals surface area contributed by atoms with Gasteiger partial charge in [0, 0.05) is 6.07 Å². The highest BCUT2D eigenvalue weighted by atomic mass is 127. The highest BCUT2D eigenvalue weighted by Gasteiger charge is 2.37. The van der Waals surface area contributed by atoms with E-state index in [1.807, 2.05) is 31.3 Å². The number of methoxy groups -OCH3 is 1. The van der Waals surface area contributed by atoms with Crippen molar-refractivity contribution < 1.29 is 14.3 Å². The largest absolute Gasteiger partial charge is 0.497 e. The van der Waals surface area contributed by atoms with Gasteiger partial charge in [-0.15, -0.1) is 0 Å². The van der Waals surface area contributed by atoms with Crippen LogP contribution in [0.15, 0.2) is 18.2 Å². The fourth-order valence-electron chi connectivity index (χ4n) is 1.72. The topological polar surface area (TPSA) is 38.7 Å². The van der Waals surface area contributed by atoms with Gasteiger partial charge in [-0.25, -0.2) is 0 Å². The summed E-state index contributed by atoms with van der Waals surface area (Å²) in [7, 11) is -0.462. The van der Waals surface area contributed by atoms with E-state index in [-0.39, 0.29) is 5.04 Å². The van der Waals surface area contributed by atoms with Crippen molar-refractivity contribution in [2.75, 3.05) is 13.7 Å². The van der Waals surface area contributed by atoms with Gasteiger partial charge in [0.2, 0.25) is 0 Å². The Morgan fingerprint density at radius 2 is 1.95 bits per heavy atom. The van der Waals surface area contributed by atoms with Crippen LogP contribution in [0.25, 0.3) is 0 Å². The lowest BCUT2D eigenvalue weighted by atomic mass is 10.1. The summed E-state index contributed by atoms with van der Waals surface area (Å²) >= 11 is 2.26. The maximum absolute atomic E-state index is 10.3. The first-order chi connectivity index (χ1) is 9.17. The van der Waals surface area contributed by atoms with Gasteiger partial charge in [0.05, 0.1) is 17.3 Å². The predicted molar refractivity (Wildman–Crippen MR) is 94.2 cm³/mol. The van der Waals surface area contributed by atoms with Crippen LogP contribution in [-0.4, -0.2) is 26.8 Å². The first kappa shape index (κ1) is 17.8. The molecule has 0 aromatic heterocycles. The third-order valence-electron chi connectivity index (χ3n) is 4.00. The van der Waals surface area contributed by atoms with E-state index in [1.165, 1.54) is 0 Å². The molecule has 114 valence electrons. The van der Waals surface area contributed by atoms with Crippen molar-refractivity contribution in [2.24, 2.45) is 0 Å². The second kappa shape index (κ2) is 7.13. The summed E-state index contributed by atoms with van der Waals surface area (Å²) in [6.07, 6.45) is 1.92. The normalized spacial score (nSPS) is 12.3. The smallest absolute Gasteiger partial charge is 0.188 e. The Hall–Kier alpha value is -0.273. The Morgan fingerprint density at radius 1 is 1.30 bits per heavy atom. The second-order valence-electron chi connectivity index (χ2n) is 6.19. The number of rotatable bonds is 7. The lowest BCUT2D eigenvalue weighted by Crippen LogP contribution is -2.39. The van der Waals surface area contributed by atoms with Crippen LogP contribution in [0.3, 0.4) is 0 Å². The van der Waals surface area contributed by atoms with Crippen molar-refractivity contribution in [3.05, 3.63) is 21.8 Å². The zero-order valence-corrected chi connectivity index (χ0v) is 16.2. The highest BCUT2D eigenvalue weighted by molar-refractivity contribution is 14.1. The van der Waals surface area contributed by atoms with Crippen molar-refractivity contribution in [2.45, 2.75) is 44.8 Å². The SMILES string of the molecule is COc1ccc(I)c(OCCCC(C)(C)[Si](C)(C)O)c1. The quantitative estimate of drug-likeness (QED) is 0.412. The monoisotopic (exact) mass is 408 g/mol. The first-order valence-electron chi connectivity index (χ1n) is 6.86. The summed E-state index contributed by atoms with van der Waals surface area (Å²) < 4.78 is 12.1. The Labute approximate surface area is 137 Å². The molecule has 0 atom stereocenters. The minimum Gasteiger partial charge on any atom is -0.497 e. The molecular formula is C15H25IO3Si. The van der Waals surface area contributed by atoms with Gasteiger partial charge in [0.15, 0.2) is 8.32 Å². The van der Waals surface area contributed by atoms with Crippen LogP contribution < -0.4 is 9.47 Å².